The topological polar surface area (TPSA) is 122 Å². The van der Waals surface area contributed by atoms with Gasteiger partial charge in [-0.05, 0) is 103 Å². The average molecular weight is 633 g/mol. The average Bonchev–Trinajstić information content (AvgIpc) is 3.98. The normalized spacial score (nSPS) is 12.0. The fourth-order valence-electron chi connectivity index (χ4n) is 6.50. The molecule has 1 aromatic carbocycles. The predicted octanol–water partition coefficient (Wildman–Crippen LogP) is 9.09. The van der Waals surface area contributed by atoms with Crippen LogP contribution in [0.5, 0.6) is 0 Å². The van der Waals surface area contributed by atoms with E-state index in [0.29, 0.717) is 5.69 Å². The lowest BCUT2D eigenvalue weighted by atomic mass is 10.0. The Kier molecular flexibility index (Phi) is 6.76. The lowest BCUT2D eigenvalue weighted by Crippen LogP contribution is -1.91. The molecule has 0 atom stereocenters. The van der Waals surface area contributed by atoms with Crippen LogP contribution in [0.2, 0.25) is 0 Å². The molecule has 4 N–H and O–H groups in total. The molecular weight excluding hydrogens is 605 g/mol. The first-order valence-corrected chi connectivity index (χ1v) is 16.0. The van der Waals surface area contributed by atoms with E-state index < -0.39 is 0 Å². The third-order valence-corrected chi connectivity index (χ3v) is 8.72. The van der Waals surface area contributed by atoms with E-state index in [4.69, 9.17) is 30.7 Å². The molecule has 0 radical (unpaired) electrons. The number of aromatic nitrogens is 7. The van der Waals surface area contributed by atoms with Crippen molar-refractivity contribution in [2.24, 2.45) is 0 Å². The summed E-state index contributed by atoms with van der Waals surface area (Å²) in [7, 11) is 0. The number of aromatic amines is 2. The molecule has 9 rings (SSSR count). The third-order valence-electron chi connectivity index (χ3n) is 8.72. The number of rotatable bonds is 4. The Bertz CT molecular complexity index is 2550. The molecule has 0 amide bonds. The van der Waals surface area contributed by atoms with Crippen molar-refractivity contribution in [2.45, 2.75) is 0 Å². The number of hydrogen-bond donors (Lipinski definition) is 3. The van der Waals surface area contributed by atoms with Crippen molar-refractivity contribution in [2.75, 3.05) is 5.73 Å². The molecule has 6 aromatic heterocycles. The second kappa shape index (κ2) is 11.7. The van der Waals surface area contributed by atoms with Crippen molar-refractivity contribution in [3.8, 4) is 44.9 Å². The standard InChI is InChI=1S/C41H28N8/c42-26-12-10-25(11-13-26)38-30-14-16-32(46-30)39(27-7-1-4-22-43-27)34-18-20-36(48-34)41(29-9-3-6-24-45-29)37-21-19-35(49-37)40(28-8-2-5-23-44-28)33-17-15-31(38)47-33/h1-24,46,49H,42H2. The molecule has 0 aliphatic carbocycles. The number of nitrogens with one attached hydrogen (secondary N) is 2. The molecule has 0 unspecified atom stereocenters. The molecule has 0 saturated heterocycles. The van der Waals surface area contributed by atoms with Crippen LogP contribution in [0.15, 0.2) is 122 Å². The zero-order valence-electron chi connectivity index (χ0n) is 26.2. The fraction of sp³-hybridized carbons (Fsp3) is 0. The summed E-state index contributed by atoms with van der Waals surface area (Å²) in [6, 6.07) is 34.0. The van der Waals surface area contributed by atoms with Crippen molar-refractivity contribution in [1.82, 2.24) is 34.9 Å². The summed E-state index contributed by atoms with van der Waals surface area (Å²) < 4.78 is 0. The highest BCUT2D eigenvalue weighted by Crippen LogP contribution is 2.37. The van der Waals surface area contributed by atoms with Gasteiger partial charge in [-0.2, -0.15) is 0 Å². The van der Waals surface area contributed by atoms with Crippen molar-refractivity contribution >= 4 is 52.1 Å². The van der Waals surface area contributed by atoms with E-state index in [9.17, 15) is 0 Å². The van der Waals surface area contributed by atoms with Crippen LogP contribution in [0.1, 0.15) is 22.8 Å². The number of benzene rings is 1. The van der Waals surface area contributed by atoms with E-state index in [2.05, 4.69) is 46.4 Å². The smallest absolute Gasteiger partial charge is 0.0753 e. The largest absolute Gasteiger partial charge is 0.399 e. The van der Waals surface area contributed by atoms with Crippen molar-refractivity contribution in [3.63, 3.8) is 0 Å². The Morgan fingerprint density at radius 3 is 1.12 bits per heavy atom. The molecule has 7 aromatic rings. The van der Waals surface area contributed by atoms with Crippen LogP contribution >= 0.6 is 0 Å². The Labute approximate surface area is 281 Å². The molecule has 49 heavy (non-hydrogen) atoms. The molecule has 8 heteroatoms. The Morgan fingerprint density at radius 1 is 0.388 bits per heavy atom. The van der Waals surface area contributed by atoms with E-state index in [1.807, 2.05) is 91.0 Å². The molecule has 8 bridgehead atoms. The first-order valence-electron chi connectivity index (χ1n) is 16.0. The van der Waals surface area contributed by atoms with E-state index in [-0.39, 0.29) is 0 Å². The van der Waals surface area contributed by atoms with E-state index in [1.54, 1.807) is 18.6 Å². The van der Waals surface area contributed by atoms with E-state index >= 15 is 0 Å². The van der Waals surface area contributed by atoms with Gasteiger partial charge in [-0.25, -0.2) is 9.97 Å². The SMILES string of the molecule is Nc1ccc(-c2c3nc(c(-c4ccccn4)c4ccc([nH]4)c(-c4ccccn4)c4nc(c(-c5ccccn5)c5ccc2[nH]5)C=C4)C=C3)cc1. The molecule has 232 valence electrons. The van der Waals surface area contributed by atoms with E-state index in [0.717, 1.165) is 89.7 Å². The van der Waals surface area contributed by atoms with Crippen molar-refractivity contribution < 1.29 is 0 Å². The van der Waals surface area contributed by atoms with Crippen LogP contribution in [0, 0.1) is 0 Å². The van der Waals surface area contributed by atoms with E-state index in [1.165, 1.54) is 0 Å². The summed E-state index contributed by atoms with van der Waals surface area (Å²) in [5.74, 6) is 0. The molecule has 8 nitrogen and oxygen atoms in total. The highest BCUT2D eigenvalue weighted by molar-refractivity contribution is 5.99. The minimum absolute atomic E-state index is 0.694. The van der Waals surface area contributed by atoms with Gasteiger partial charge in [0.15, 0.2) is 0 Å². The predicted molar refractivity (Wildman–Crippen MR) is 198 cm³/mol. The summed E-state index contributed by atoms with van der Waals surface area (Å²) in [5.41, 5.74) is 20.5. The Hall–Kier alpha value is -6.93. The van der Waals surface area contributed by atoms with Gasteiger partial charge < -0.3 is 15.7 Å². The number of pyridine rings is 3. The van der Waals surface area contributed by atoms with Crippen LogP contribution in [-0.2, 0) is 0 Å². The molecule has 0 fully saturated rings. The van der Waals surface area contributed by atoms with Gasteiger partial charge in [-0.1, -0.05) is 30.3 Å². The maximum atomic E-state index is 6.12. The van der Waals surface area contributed by atoms with Gasteiger partial charge in [0.05, 0.1) is 56.4 Å². The van der Waals surface area contributed by atoms with Gasteiger partial charge in [-0.15, -0.1) is 0 Å². The highest BCUT2D eigenvalue weighted by Gasteiger charge is 2.19. The molecule has 2 aliphatic heterocycles. The second-order valence-electron chi connectivity index (χ2n) is 11.8. The van der Waals surface area contributed by atoms with Gasteiger partial charge in [0.25, 0.3) is 0 Å². The lowest BCUT2D eigenvalue weighted by molar-refractivity contribution is 1.26. The number of H-pyrrole nitrogens is 2. The number of nitrogens with two attached hydrogens (primary N) is 1. The second-order valence-corrected chi connectivity index (χ2v) is 11.8. The summed E-state index contributed by atoms with van der Waals surface area (Å²) in [5, 5.41) is 0. The summed E-state index contributed by atoms with van der Waals surface area (Å²) in [4.78, 5) is 32.2. The van der Waals surface area contributed by atoms with Gasteiger partial charge in [-0.3, -0.25) is 15.0 Å². The quantitative estimate of drug-likeness (QED) is 0.166. The number of nitrogens with zero attached hydrogens (tertiary/aromatic N) is 5. The number of fused-ring (bicyclic) bond motifs is 8. The summed E-state index contributed by atoms with van der Waals surface area (Å²) >= 11 is 0. The Balaban J connectivity index is 1.48. The zero-order valence-corrected chi connectivity index (χ0v) is 26.2. The van der Waals surface area contributed by atoms with Crippen LogP contribution < -0.4 is 5.73 Å². The van der Waals surface area contributed by atoms with Crippen molar-refractivity contribution in [3.05, 3.63) is 144 Å². The number of nitrogen functional groups attached to an aromatic ring is 1. The minimum atomic E-state index is 0.694. The first-order chi connectivity index (χ1) is 24.2. The number of anilines is 1. The fourth-order valence-corrected chi connectivity index (χ4v) is 6.50. The summed E-state index contributed by atoms with van der Waals surface area (Å²) in [6.45, 7) is 0. The van der Waals surface area contributed by atoms with Crippen LogP contribution in [-0.4, -0.2) is 34.9 Å². The molecule has 2 aliphatic rings. The minimum Gasteiger partial charge on any atom is -0.399 e. The van der Waals surface area contributed by atoms with Gasteiger partial charge in [0.2, 0.25) is 0 Å². The molecular formula is C41H28N8. The maximum absolute atomic E-state index is 6.12. The van der Waals surface area contributed by atoms with Crippen LogP contribution in [0.3, 0.4) is 0 Å². The maximum Gasteiger partial charge on any atom is 0.0753 e. The number of hydrogen-bond acceptors (Lipinski definition) is 6. The van der Waals surface area contributed by atoms with Gasteiger partial charge >= 0.3 is 0 Å². The van der Waals surface area contributed by atoms with Gasteiger partial charge in [0.1, 0.15) is 0 Å². The molecule has 0 spiro atoms. The monoisotopic (exact) mass is 632 g/mol. The lowest BCUT2D eigenvalue weighted by Gasteiger charge is -2.06. The van der Waals surface area contributed by atoms with Crippen molar-refractivity contribution in [1.29, 1.82) is 0 Å². The van der Waals surface area contributed by atoms with Gasteiger partial charge in [0, 0.05) is 52.0 Å². The molecule has 8 heterocycles. The zero-order chi connectivity index (χ0) is 32.7. The highest BCUT2D eigenvalue weighted by atomic mass is 14.8. The first kappa shape index (κ1) is 28.3. The van der Waals surface area contributed by atoms with Crippen LogP contribution in [0.4, 0.5) is 5.69 Å². The molecule has 0 saturated carbocycles. The third kappa shape index (κ3) is 5.08. The summed E-state index contributed by atoms with van der Waals surface area (Å²) in [6.07, 6.45) is 13.6. The Morgan fingerprint density at radius 2 is 0.755 bits per heavy atom. The van der Waals surface area contributed by atoms with Crippen LogP contribution in [0.25, 0.3) is 91.3 Å².